The fourth-order valence-electron chi connectivity index (χ4n) is 9.91. The van der Waals surface area contributed by atoms with Crippen LogP contribution >= 0.6 is 0 Å². The van der Waals surface area contributed by atoms with E-state index in [-0.39, 0.29) is 23.2 Å². The largest absolute Gasteiger partial charge is 0.480 e. The second-order valence-electron chi connectivity index (χ2n) is 14.9. The van der Waals surface area contributed by atoms with E-state index in [0.29, 0.717) is 54.3 Å². The van der Waals surface area contributed by atoms with Crippen molar-refractivity contribution < 1.29 is 31.8 Å². The highest BCUT2D eigenvalue weighted by molar-refractivity contribution is 7.80. The van der Waals surface area contributed by atoms with Gasteiger partial charge in [0, 0.05) is 5.92 Å². The van der Waals surface area contributed by atoms with Crippen LogP contribution in [0, 0.1) is 52.3 Å². The lowest BCUT2D eigenvalue weighted by molar-refractivity contribution is -0.144. The van der Waals surface area contributed by atoms with Gasteiger partial charge < -0.3 is 10.4 Å². The summed E-state index contributed by atoms with van der Waals surface area (Å²) in [5, 5.41) is 12.3. The fraction of sp³-hybridized carbons (Fsp3) is 0.879. The molecule has 3 saturated carbocycles. The number of carbonyl (C=O) groups is 2. The van der Waals surface area contributed by atoms with Gasteiger partial charge in [-0.05, 0) is 104 Å². The van der Waals surface area contributed by atoms with Crippen molar-refractivity contribution in [3.63, 3.8) is 0 Å². The Morgan fingerprint density at radius 2 is 1.79 bits per heavy atom. The Balaban J connectivity index is 1.33. The van der Waals surface area contributed by atoms with E-state index >= 15 is 0 Å². The maximum absolute atomic E-state index is 12.8. The van der Waals surface area contributed by atoms with Crippen LogP contribution in [0.15, 0.2) is 11.6 Å². The van der Waals surface area contributed by atoms with Gasteiger partial charge in [-0.25, -0.2) is 8.98 Å². The van der Waals surface area contributed by atoms with Crippen molar-refractivity contribution in [1.82, 2.24) is 5.32 Å². The molecule has 0 radical (unpaired) electrons. The summed E-state index contributed by atoms with van der Waals surface area (Å²) < 4.78 is 36.8. The highest BCUT2D eigenvalue weighted by atomic mass is 32.3. The second kappa shape index (κ2) is 12.9. The molecule has 0 spiro atoms. The first kappa shape index (κ1) is 33.4. The number of allylic oxidation sites excluding steroid dienone is 1. The number of amides is 1. The molecule has 0 aliphatic heterocycles. The Hall–Kier alpha value is -1.45. The van der Waals surface area contributed by atoms with E-state index in [1.807, 2.05) is 20.8 Å². The molecule has 4 aliphatic carbocycles. The van der Waals surface area contributed by atoms with E-state index in [1.165, 1.54) is 31.3 Å². The lowest BCUT2D eigenvalue weighted by Crippen LogP contribution is -2.51. The summed E-state index contributed by atoms with van der Waals surface area (Å²) >= 11 is 0. The molecule has 11 atom stereocenters. The predicted molar refractivity (Wildman–Crippen MR) is 163 cm³/mol. The first-order valence-corrected chi connectivity index (χ1v) is 17.9. The number of hydrogen-bond acceptors (Lipinski definition) is 5. The average Bonchev–Trinajstić information content (AvgIpc) is 3.27. The highest BCUT2D eigenvalue weighted by Gasteiger charge is 2.59. The lowest BCUT2D eigenvalue weighted by Gasteiger charge is -2.58. The van der Waals surface area contributed by atoms with Gasteiger partial charge in [-0.2, -0.15) is 8.42 Å². The number of nitrogens with one attached hydrogen (secondary N) is 1. The normalized spacial score (nSPS) is 37.3. The molecule has 1 amide bonds. The van der Waals surface area contributed by atoms with E-state index in [4.69, 9.17) is 4.18 Å². The van der Waals surface area contributed by atoms with Crippen LogP contribution in [0.2, 0.25) is 0 Å². The molecule has 0 heterocycles. The van der Waals surface area contributed by atoms with E-state index in [2.05, 4.69) is 32.2 Å². The maximum atomic E-state index is 12.8. The van der Waals surface area contributed by atoms with Crippen LogP contribution in [0.3, 0.4) is 0 Å². The molecule has 3 fully saturated rings. The van der Waals surface area contributed by atoms with Crippen molar-refractivity contribution in [2.45, 2.75) is 131 Å². The van der Waals surface area contributed by atoms with E-state index in [9.17, 15) is 27.7 Å². The molecule has 0 saturated heterocycles. The van der Waals surface area contributed by atoms with Gasteiger partial charge in [0.25, 0.3) is 0 Å². The Kier molecular flexibility index (Phi) is 10.3. The summed E-state index contributed by atoms with van der Waals surface area (Å²) in [6.45, 7) is 13.0. The summed E-state index contributed by atoms with van der Waals surface area (Å²) in [6.07, 6.45) is 13.6. The molecule has 1 unspecified atom stereocenters. The fourth-order valence-corrected chi connectivity index (χ4v) is 10.4. The molecule has 9 heteroatoms. The van der Waals surface area contributed by atoms with E-state index in [0.717, 1.165) is 32.1 Å². The minimum absolute atomic E-state index is 0.0817. The van der Waals surface area contributed by atoms with Crippen LogP contribution in [-0.2, 0) is 24.2 Å². The number of fused-ring (bicyclic) bond motifs is 5. The van der Waals surface area contributed by atoms with Gasteiger partial charge in [-0.15, -0.1) is 0 Å². The van der Waals surface area contributed by atoms with Gasteiger partial charge in [0.05, 0.1) is 6.10 Å². The molecule has 0 aromatic rings. The summed E-state index contributed by atoms with van der Waals surface area (Å²) in [6, 6.07) is -0.831. The van der Waals surface area contributed by atoms with Gasteiger partial charge in [0.2, 0.25) is 5.91 Å². The van der Waals surface area contributed by atoms with Crippen LogP contribution in [0.5, 0.6) is 0 Å². The zero-order valence-corrected chi connectivity index (χ0v) is 27.4. The molecule has 3 N–H and O–H groups in total. The quantitative estimate of drug-likeness (QED) is 0.164. The Bertz CT molecular complexity index is 1140. The standard InChI is InChI=1S/C33H55NO7S/c1-7-20(2)29(31(36)37)34-30(35)22(4)10-8-9-21(3)26-13-14-27-25-12-11-23-19-24(41-42(38,39)40)15-17-32(23,5)28(25)16-18-33(26,27)6/h11,20-22,24-29H,7-10,12-19H2,1-6H3,(H,34,35)(H,36,37)(H,38,39,40)/t20-,21+,22?,24-,25-,26+,27-,28-,29-,32-,33+/m0/s1. The van der Waals surface area contributed by atoms with Crippen molar-refractivity contribution in [1.29, 1.82) is 0 Å². The van der Waals surface area contributed by atoms with Crippen LogP contribution in [-0.4, -0.2) is 42.1 Å². The number of aliphatic carboxylic acids is 1. The highest BCUT2D eigenvalue weighted by Crippen LogP contribution is 2.67. The molecular formula is C33H55NO7S. The lowest BCUT2D eigenvalue weighted by atomic mass is 9.47. The van der Waals surface area contributed by atoms with E-state index in [1.54, 1.807) is 0 Å². The zero-order valence-electron chi connectivity index (χ0n) is 26.6. The van der Waals surface area contributed by atoms with Gasteiger partial charge in [-0.1, -0.05) is 72.5 Å². The molecule has 8 nitrogen and oxygen atoms in total. The molecule has 42 heavy (non-hydrogen) atoms. The van der Waals surface area contributed by atoms with Crippen molar-refractivity contribution in [3.8, 4) is 0 Å². The predicted octanol–water partition coefficient (Wildman–Crippen LogP) is 6.81. The molecule has 0 aromatic carbocycles. The van der Waals surface area contributed by atoms with Crippen molar-refractivity contribution in [3.05, 3.63) is 11.6 Å². The zero-order chi connectivity index (χ0) is 31.0. The summed E-state index contributed by atoms with van der Waals surface area (Å²) in [7, 11) is -4.44. The second-order valence-corrected chi connectivity index (χ2v) is 15.9. The monoisotopic (exact) mass is 609 g/mol. The third-order valence-corrected chi connectivity index (χ3v) is 13.1. The molecular weight excluding hydrogens is 554 g/mol. The smallest absolute Gasteiger partial charge is 0.397 e. The van der Waals surface area contributed by atoms with Crippen molar-refractivity contribution >= 4 is 22.3 Å². The third kappa shape index (κ3) is 6.78. The summed E-state index contributed by atoms with van der Waals surface area (Å²) in [5.74, 6) is 1.80. The first-order valence-electron chi connectivity index (χ1n) is 16.5. The Morgan fingerprint density at radius 3 is 2.43 bits per heavy atom. The van der Waals surface area contributed by atoms with Gasteiger partial charge >= 0.3 is 16.4 Å². The van der Waals surface area contributed by atoms with Gasteiger partial charge in [0.15, 0.2) is 0 Å². The molecule has 240 valence electrons. The minimum atomic E-state index is -4.44. The third-order valence-electron chi connectivity index (χ3n) is 12.6. The minimum Gasteiger partial charge on any atom is -0.480 e. The Morgan fingerprint density at radius 1 is 1.07 bits per heavy atom. The SMILES string of the molecule is CC[C@H](C)[C@H](NC(=O)C(C)CCC[C@@H](C)[C@H]1CC[C@H]2[C@@H]3CC=C4C[C@@H](OS(=O)(=O)O)CC[C@]4(C)[C@H]3CC[C@]12C)C(=O)O. The maximum Gasteiger partial charge on any atom is 0.397 e. The molecule has 0 bridgehead atoms. The first-order chi connectivity index (χ1) is 19.6. The van der Waals surface area contributed by atoms with Crippen LogP contribution in [0.25, 0.3) is 0 Å². The number of carboxylic acids is 1. The van der Waals surface area contributed by atoms with Crippen molar-refractivity contribution in [2.24, 2.45) is 52.3 Å². The Labute approximate surface area is 253 Å². The molecule has 0 aromatic heterocycles. The van der Waals surface area contributed by atoms with Gasteiger partial charge in [-0.3, -0.25) is 9.35 Å². The molecule has 4 aliphatic rings. The van der Waals surface area contributed by atoms with Gasteiger partial charge in [0.1, 0.15) is 6.04 Å². The number of carboxylic acid groups (broad SMARTS) is 1. The number of carbonyl (C=O) groups excluding carboxylic acids is 1. The summed E-state index contributed by atoms with van der Waals surface area (Å²) in [5.41, 5.74) is 1.73. The number of hydrogen-bond donors (Lipinski definition) is 3. The van der Waals surface area contributed by atoms with Crippen LogP contribution in [0.1, 0.15) is 119 Å². The number of rotatable bonds is 12. The molecule has 4 rings (SSSR count). The topological polar surface area (TPSA) is 130 Å². The van der Waals surface area contributed by atoms with Crippen LogP contribution in [0.4, 0.5) is 0 Å². The van der Waals surface area contributed by atoms with Crippen molar-refractivity contribution in [2.75, 3.05) is 0 Å². The van der Waals surface area contributed by atoms with Crippen LogP contribution < -0.4 is 5.32 Å². The van der Waals surface area contributed by atoms with E-state index < -0.39 is 28.5 Å². The average molecular weight is 610 g/mol. The summed E-state index contributed by atoms with van der Waals surface area (Å²) in [4.78, 5) is 24.4.